The predicted octanol–water partition coefficient (Wildman–Crippen LogP) is 10.4. The first-order chi connectivity index (χ1) is 30.2. The van der Waals surface area contributed by atoms with Crippen molar-refractivity contribution in [2.24, 2.45) is 0 Å². The molecule has 3 aromatic carbocycles. The predicted molar refractivity (Wildman–Crippen MR) is 247 cm³/mol. The summed E-state index contributed by atoms with van der Waals surface area (Å²) in [5.74, 6) is 1.73. The van der Waals surface area contributed by atoms with Crippen LogP contribution < -0.4 is 10.6 Å². The minimum Gasteiger partial charge on any atom is -0.354 e. The van der Waals surface area contributed by atoms with Crippen molar-refractivity contribution < 1.29 is 4.52 Å². The lowest BCUT2D eigenvalue weighted by atomic mass is 9.94. The van der Waals surface area contributed by atoms with Gasteiger partial charge in [-0.1, -0.05) is 29.4 Å². The van der Waals surface area contributed by atoms with Gasteiger partial charge in [-0.15, -0.1) is 0 Å². The van der Waals surface area contributed by atoms with E-state index in [0.717, 1.165) is 119 Å². The lowest BCUT2D eigenvalue weighted by molar-refractivity contribution is 0.302. The van der Waals surface area contributed by atoms with Crippen molar-refractivity contribution in [3.8, 4) is 45.1 Å². The van der Waals surface area contributed by atoms with E-state index in [2.05, 4.69) is 149 Å². The van der Waals surface area contributed by atoms with Crippen LogP contribution in [0.5, 0.6) is 0 Å². The lowest BCUT2D eigenvalue weighted by Gasteiger charge is -2.31. The van der Waals surface area contributed by atoms with Crippen molar-refractivity contribution in [2.75, 3.05) is 19.6 Å². The van der Waals surface area contributed by atoms with Gasteiger partial charge in [0.25, 0.3) is 5.89 Å². The van der Waals surface area contributed by atoms with Crippen molar-refractivity contribution >= 4 is 32.8 Å². The average Bonchev–Trinajstić information content (AvgIpc) is 4.08. The van der Waals surface area contributed by atoms with Crippen LogP contribution in [0.4, 0.5) is 0 Å². The highest BCUT2D eigenvalue weighted by molar-refractivity contribution is 5.95. The zero-order valence-electron chi connectivity index (χ0n) is 36.1. The van der Waals surface area contributed by atoms with Gasteiger partial charge in [0.2, 0.25) is 0 Å². The van der Waals surface area contributed by atoms with Crippen LogP contribution in [0.15, 0.2) is 89.7 Å². The van der Waals surface area contributed by atoms with Crippen molar-refractivity contribution in [3.05, 3.63) is 125 Å². The molecule has 2 aliphatic rings. The van der Waals surface area contributed by atoms with Crippen LogP contribution in [0.25, 0.3) is 77.9 Å². The minimum atomic E-state index is 0.285. The first-order valence-electron chi connectivity index (χ1n) is 22.1. The largest absolute Gasteiger partial charge is 0.354 e. The first-order valence-corrected chi connectivity index (χ1v) is 22.1. The summed E-state index contributed by atoms with van der Waals surface area (Å²) in [6.45, 7) is 13.5. The molecule has 2 saturated heterocycles. The normalized spacial score (nSPS) is 17.5. The monoisotopic (exact) mass is 820 g/mol. The van der Waals surface area contributed by atoms with E-state index in [-0.39, 0.29) is 6.04 Å². The summed E-state index contributed by atoms with van der Waals surface area (Å²) in [5.41, 5.74) is 18.9. The zero-order valence-corrected chi connectivity index (χ0v) is 36.1. The highest BCUT2D eigenvalue weighted by Gasteiger charge is 2.26. The number of piperidine rings is 2. The second-order valence-electron chi connectivity index (χ2n) is 17.8. The number of benzene rings is 3. The number of nitrogens with zero attached hydrogens (tertiary/aromatic N) is 6. The molecule has 0 spiro atoms. The molecule has 4 N–H and O–H groups in total. The van der Waals surface area contributed by atoms with Gasteiger partial charge < -0.3 is 29.7 Å². The number of rotatable bonds is 8. The molecule has 11 rings (SSSR count). The standard InChI is InChI=1S/C51H52N10O/c1-28-18-37(19-29(2)55-28)48-31(4)42-9-6-34(22-45(42)57-48)35-8-11-44-47(24-35)61(27-54-44)41-14-17-53-39(26-41)25-40-21-38(20-30(3)56-40)49-32(5)43-10-7-36(23-46(43)58-49)51-59-50(60-62-51)33-12-15-52-16-13-33/h6-11,18-24,27,33,39,41,52-53,57-58H,12-17,25-26H2,1-5H3. The summed E-state index contributed by atoms with van der Waals surface area (Å²) in [7, 11) is 0. The number of hydrogen-bond acceptors (Lipinski definition) is 8. The third kappa shape index (κ3) is 7.08. The minimum absolute atomic E-state index is 0.285. The van der Waals surface area contributed by atoms with E-state index in [4.69, 9.17) is 19.5 Å². The third-order valence-corrected chi connectivity index (χ3v) is 13.4. The van der Waals surface area contributed by atoms with Crippen LogP contribution in [0.2, 0.25) is 0 Å². The maximum atomic E-state index is 5.77. The topological polar surface area (TPSA) is 138 Å². The molecule has 6 aromatic heterocycles. The molecule has 2 unspecified atom stereocenters. The van der Waals surface area contributed by atoms with Crippen LogP contribution in [-0.2, 0) is 6.42 Å². The molecular formula is C51H52N10O. The maximum absolute atomic E-state index is 5.77. The van der Waals surface area contributed by atoms with Crippen molar-refractivity contribution in [3.63, 3.8) is 0 Å². The van der Waals surface area contributed by atoms with Crippen molar-refractivity contribution in [1.82, 2.24) is 50.3 Å². The number of aromatic nitrogens is 8. The van der Waals surface area contributed by atoms with Gasteiger partial charge in [0.05, 0.1) is 17.4 Å². The Balaban J connectivity index is 0.825. The Morgan fingerprint density at radius 1 is 0.645 bits per heavy atom. The van der Waals surface area contributed by atoms with Crippen molar-refractivity contribution in [1.29, 1.82) is 0 Å². The van der Waals surface area contributed by atoms with E-state index in [1.165, 1.54) is 44.1 Å². The second kappa shape index (κ2) is 15.5. The van der Waals surface area contributed by atoms with E-state index >= 15 is 0 Å². The molecule has 0 amide bonds. The number of imidazole rings is 1. The summed E-state index contributed by atoms with van der Waals surface area (Å²) < 4.78 is 8.18. The Kier molecular flexibility index (Phi) is 9.61. The zero-order chi connectivity index (χ0) is 42.1. The Hall–Kier alpha value is -6.43. The number of aromatic amines is 2. The van der Waals surface area contributed by atoms with Gasteiger partial charge in [-0.3, -0.25) is 9.97 Å². The van der Waals surface area contributed by atoms with Gasteiger partial charge in [-0.25, -0.2) is 4.98 Å². The molecule has 62 heavy (non-hydrogen) atoms. The van der Waals surface area contributed by atoms with Gasteiger partial charge in [0.1, 0.15) is 0 Å². The number of fused-ring (bicyclic) bond motifs is 3. The Labute approximate surface area is 360 Å². The third-order valence-electron chi connectivity index (χ3n) is 13.4. The number of pyridine rings is 2. The smallest absolute Gasteiger partial charge is 0.258 e. The summed E-state index contributed by atoms with van der Waals surface area (Å²) in [5, 5.41) is 14.0. The Morgan fingerprint density at radius 2 is 1.29 bits per heavy atom. The van der Waals surface area contributed by atoms with E-state index < -0.39 is 0 Å². The number of aryl methyl sites for hydroxylation is 5. The van der Waals surface area contributed by atoms with Gasteiger partial charge in [0.15, 0.2) is 5.82 Å². The molecule has 9 aromatic rings. The van der Waals surface area contributed by atoms with Gasteiger partial charge >= 0.3 is 0 Å². The average molecular weight is 821 g/mol. The molecule has 312 valence electrons. The SMILES string of the molecule is Cc1cc(-c2[nH]c3cc(-c4ccc5ncn(C6CCNC(Cc7cc(-c8[nH]c9cc(-c%10nc(C%11CCNCC%11)no%10)ccc9c8C)cc(C)n7)C6)c5c4)ccc3c2C)cc(C)n1. The molecule has 0 bridgehead atoms. The molecule has 11 nitrogen and oxygen atoms in total. The Morgan fingerprint density at radius 3 is 2.03 bits per heavy atom. The molecule has 0 aliphatic carbocycles. The molecule has 2 atom stereocenters. The lowest BCUT2D eigenvalue weighted by Crippen LogP contribution is -2.40. The molecule has 0 saturated carbocycles. The summed E-state index contributed by atoms with van der Waals surface area (Å²) in [6, 6.07) is 29.3. The van der Waals surface area contributed by atoms with E-state index in [9.17, 15) is 0 Å². The number of hydrogen-bond donors (Lipinski definition) is 4. The van der Waals surface area contributed by atoms with Gasteiger partial charge in [-0.05, 0) is 157 Å². The highest BCUT2D eigenvalue weighted by Crippen LogP contribution is 2.37. The van der Waals surface area contributed by atoms with Crippen LogP contribution in [0.3, 0.4) is 0 Å². The quantitative estimate of drug-likeness (QED) is 0.119. The molecule has 0 radical (unpaired) electrons. The fraction of sp³-hybridized carbons (Fsp3) is 0.314. The number of H-pyrrole nitrogens is 2. The van der Waals surface area contributed by atoms with Crippen LogP contribution in [0.1, 0.15) is 77.4 Å². The van der Waals surface area contributed by atoms with E-state index in [1.807, 2.05) is 6.33 Å². The Bertz CT molecular complexity index is 3120. The maximum Gasteiger partial charge on any atom is 0.258 e. The first kappa shape index (κ1) is 38.5. The summed E-state index contributed by atoms with van der Waals surface area (Å²) in [6.07, 6.45) is 7.00. The summed E-state index contributed by atoms with van der Waals surface area (Å²) in [4.78, 5) is 26.8. The number of nitrogens with one attached hydrogen (secondary N) is 4. The molecule has 8 heterocycles. The van der Waals surface area contributed by atoms with Gasteiger partial charge in [0, 0.05) is 97.1 Å². The van der Waals surface area contributed by atoms with Crippen LogP contribution in [-0.4, -0.2) is 65.3 Å². The highest BCUT2D eigenvalue weighted by atomic mass is 16.5. The summed E-state index contributed by atoms with van der Waals surface area (Å²) >= 11 is 0. The van der Waals surface area contributed by atoms with Crippen LogP contribution in [0, 0.1) is 34.6 Å². The molecule has 2 fully saturated rings. The van der Waals surface area contributed by atoms with Crippen LogP contribution >= 0.6 is 0 Å². The van der Waals surface area contributed by atoms with E-state index in [1.54, 1.807) is 0 Å². The second-order valence-corrected chi connectivity index (χ2v) is 17.8. The van der Waals surface area contributed by atoms with E-state index in [0.29, 0.717) is 17.9 Å². The fourth-order valence-electron chi connectivity index (χ4n) is 10.3. The molecule has 2 aliphatic heterocycles. The van der Waals surface area contributed by atoms with Gasteiger partial charge in [-0.2, -0.15) is 4.98 Å². The molecular weight excluding hydrogens is 769 g/mol. The fourth-order valence-corrected chi connectivity index (χ4v) is 10.3. The molecule has 11 heteroatoms. The van der Waals surface area contributed by atoms with Crippen molar-refractivity contribution in [2.45, 2.75) is 84.7 Å².